The van der Waals surface area contributed by atoms with E-state index in [1.54, 1.807) is 12.1 Å². The lowest BCUT2D eigenvalue weighted by Gasteiger charge is -2.17. The van der Waals surface area contributed by atoms with Gasteiger partial charge in [0.05, 0.1) is 18.1 Å². The predicted octanol–water partition coefficient (Wildman–Crippen LogP) is 3.03. The third kappa shape index (κ3) is 4.03. The number of carboxylic acids is 1. The van der Waals surface area contributed by atoms with Crippen LogP contribution < -0.4 is 0 Å². The second-order valence-electron chi connectivity index (χ2n) is 5.25. The van der Waals surface area contributed by atoms with Crippen LogP contribution in [0.25, 0.3) is 0 Å². The van der Waals surface area contributed by atoms with Crippen molar-refractivity contribution in [3.63, 3.8) is 0 Å². The van der Waals surface area contributed by atoms with Crippen LogP contribution >= 0.6 is 0 Å². The minimum atomic E-state index is -0.813. The summed E-state index contributed by atoms with van der Waals surface area (Å²) in [6, 6.07) is 6.01. The normalized spacial score (nSPS) is 24.3. The van der Waals surface area contributed by atoms with E-state index in [-0.39, 0.29) is 18.0 Å². The van der Waals surface area contributed by atoms with Gasteiger partial charge in [0.2, 0.25) is 0 Å². The standard InChI is InChI=1S/C15H19FO3/c1-10-2-7-14(19-10)9-12(15(17)18)8-11-3-5-13(16)6-4-11/h3-6,10,12,14H,2,7-9H2,1H3,(H,17,18). The van der Waals surface area contributed by atoms with Crippen LogP contribution in [0.4, 0.5) is 4.39 Å². The average molecular weight is 266 g/mol. The van der Waals surface area contributed by atoms with E-state index in [0.717, 1.165) is 18.4 Å². The van der Waals surface area contributed by atoms with Gasteiger partial charge in [-0.2, -0.15) is 0 Å². The summed E-state index contributed by atoms with van der Waals surface area (Å²) < 4.78 is 18.5. The molecule has 0 aromatic heterocycles. The van der Waals surface area contributed by atoms with Gasteiger partial charge >= 0.3 is 5.97 Å². The number of benzene rings is 1. The van der Waals surface area contributed by atoms with E-state index in [2.05, 4.69) is 0 Å². The van der Waals surface area contributed by atoms with E-state index < -0.39 is 11.9 Å². The molecule has 1 aromatic carbocycles. The molecule has 0 aliphatic carbocycles. The number of hydrogen-bond donors (Lipinski definition) is 1. The van der Waals surface area contributed by atoms with Crippen LogP contribution in [0.2, 0.25) is 0 Å². The molecule has 1 aromatic rings. The van der Waals surface area contributed by atoms with Crippen molar-refractivity contribution in [3.8, 4) is 0 Å². The van der Waals surface area contributed by atoms with Crippen molar-refractivity contribution >= 4 is 5.97 Å². The molecule has 1 N–H and O–H groups in total. The van der Waals surface area contributed by atoms with Gasteiger partial charge in [0.15, 0.2) is 0 Å². The number of hydrogen-bond acceptors (Lipinski definition) is 2. The van der Waals surface area contributed by atoms with Gasteiger partial charge < -0.3 is 9.84 Å². The number of ether oxygens (including phenoxy) is 1. The molecule has 0 amide bonds. The molecule has 19 heavy (non-hydrogen) atoms. The summed E-state index contributed by atoms with van der Waals surface area (Å²) in [4.78, 5) is 11.3. The van der Waals surface area contributed by atoms with Crippen LogP contribution in [-0.2, 0) is 16.0 Å². The first kappa shape index (κ1) is 14.0. The minimum absolute atomic E-state index is 0.0385. The third-order valence-electron chi connectivity index (χ3n) is 3.61. The fourth-order valence-electron chi connectivity index (χ4n) is 2.55. The summed E-state index contributed by atoms with van der Waals surface area (Å²) in [5, 5.41) is 9.29. The fraction of sp³-hybridized carbons (Fsp3) is 0.533. The molecule has 1 heterocycles. The second kappa shape index (κ2) is 6.15. The Balaban J connectivity index is 1.96. The number of halogens is 1. The molecule has 3 nitrogen and oxygen atoms in total. The van der Waals surface area contributed by atoms with Crippen molar-refractivity contribution in [2.75, 3.05) is 0 Å². The first-order valence-electron chi connectivity index (χ1n) is 6.67. The lowest BCUT2D eigenvalue weighted by atomic mass is 9.93. The van der Waals surface area contributed by atoms with Gasteiger partial charge in [0.25, 0.3) is 0 Å². The van der Waals surface area contributed by atoms with Crippen LogP contribution in [0.1, 0.15) is 31.7 Å². The van der Waals surface area contributed by atoms with Crippen LogP contribution in [0.5, 0.6) is 0 Å². The molecule has 0 bridgehead atoms. The maximum absolute atomic E-state index is 12.8. The molecule has 3 atom stereocenters. The summed E-state index contributed by atoms with van der Waals surface area (Å²) >= 11 is 0. The first-order chi connectivity index (χ1) is 9.04. The molecule has 0 radical (unpaired) electrons. The number of carbonyl (C=O) groups is 1. The van der Waals surface area contributed by atoms with E-state index in [1.807, 2.05) is 6.92 Å². The van der Waals surface area contributed by atoms with Crippen molar-refractivity contribution in [1.29, 1.82) is 0 Å². The van der Waals surface area contributed by atoms with E-state index in [9.17, 15) is 14.3 Å². The number of rotatable bonds is 5. The zero-order chi connectivity index (χ0) is 13.8. The van der Waals surface area contributed by atoms with Gasteiger partial charge in [0, 0.05) is 0 Å². The first-order valence-corrected chi connectivity index (χ1v) is 6.67. The van der Waals surface area contributed by atoms with Crippen molar-refractivity contribution in [3.05, 3.63) is 35.6 Å². The van der Waals surface area contributed by atoms with Crippen LogP contribution in [0.3, 0.4) is 0 Å². The van der Waals surface area contributed by atoms with Gasteiger partial charge in [-0.05, 0) is 50.3 Å². The zero-order valence-electron chi connectivity index (χ0n) is 11.0. The quantitative estimate of drug-likeness (QED) is 0.891. The lowest BCUT2D eigenvalue weighted by Crippen LogP contribution is -2.23. The van der Waals surface area contributed by atoms with Crippen molar-refractivity contribution in [1.82, 2.24) is 0 Å². The smallest absolute Gasteiger partial charge is 0.306 e. The summed E-state index contributed by atoms with van der Waals surface area (Å²) in [5.74, 6) is -1.59. The largest absolute Gasteiger partial charge is 0.481 e. The Morgan fingerprint density at radius 3 is 2.63 bits per heavy atom. The average Bonchev–Trinajstić information content (AvgIpc) is 2.76. The third-order valence-corrected chi connectivity index (χ3v) is 3.61. The van der Waals surface area contributed by atoms with Crippen LogP contribution in [0.15, 0.2) is 24.3 Å². The highest BCUT2D eigenvalue weighted by Gasteiger charge is 2.28. The highest BCUT2D eigenvalue weighted by Crippen LogP contribution is 2.26. The van der Waals surface area contributed by atoms with Gasteiger partial charge in [-0.1, -0.05) is 12.1 Å². The molecule has 0 saturated carbocycles. The molecule has 0 spiro atoms. The second-order valence-corrected chi connectivity index (χ2v) is 5.25. The molecule has 1 aliphatic heterocycles. The molecule has 1 saturated heterocycles. The highest BCUT2D eigenvalue weighted by atomic mass is 19.1. The van der Waals surface area contributed by atoms with Crippen molar-refractivity contribution < 1.29 is 19.0 Å². The Kier molecular flexibility index (Phi) is 4.53. The summed E-state index contributed by atoms with van der Waals surface area (Å²) in [5.41, 5.74) is 0.847. The van der Waals surface area contributed by atoms with Gasteiger partial charge in [-0.15, -0.1) is 0 Å². The van der Waals surface area contributed by atoms with E-state index in [4.69, 9.17) is 4.74 Å². The van der Waals surface area contributed by atoms with Gasteiger partial charge in [-0.25, -0.2) is 4.39 Å². The molecule has 1 aliphatic rings. The summed E-state index contributed by atoms with van der Waals surface area (Å²) in [6.45, 7) is 2.01. The molecule has 2 rings (SSSR count). The van der Waals surface area contributed by atoms with Gasteiger partial charge in [0.1, 0.15) is 5.82 Å². The van der Waals surface area contributed by atoms with Gasteiger partial charge in [-0.3, -0.25) is 4.79 Å². The maximum atomic E-state index is 12.8. The van der Waals surface area contributed by atoms with Crippen LogP contribution in [0, 0.1) is 11.7 Å². The topological polar surface area (TPSA) is 46.5 Å². The lowest BCUT2D eigenvalue weighted by molar-refractivity contribution is -0.143. The molecule has 104 valence electrons. The monoisotopic (exact) mass is 266 g/mol. The Morgan fingerprint density at radius 1 is 1.42 bits per heavy atom. The molecular formula is C15H19FO3. The van der Waals surface area contributed by atoms with E-state index in [1.165, 1.54) is 12.1 Å². The summed E-state index contributed by atoms with van der Waals surface area (Å²) in [6.07, 6.45) is 3.13. The Labute approximate surface area is 112 Å². The SMILES string of the molecule is CC1CCC(CC(Cc2ccc(F)cc2)C(=O)O)O1. The van der Waals surface area contributed by atoms with Crippen LogP contribution in [-0.4, -0.2) is 23.3 Å². The number of carboxylic acid groups (broad SMARTS) is 1. The Hall–Kier alpha value is -1.42. The molecule has 4 heteroatoms. The molecule has 1 fully saturated rings. The zero-order valence-corrected chi connectivity index (χ0v) is 11.0. The van der Waals surface area contributed by atoms with E-state index in [0.29, 0.717) is 12.8 Å². The maximum Gasteiger partial charge on any atom is 0.306 e. The number of aliphatic carboxylic acids is 1. The minimum Gasteiger partial charge on any atom is -0.481 e. The summed E-state index contributed by atoms with van der Waals surface area (Å²) in [7, 11) is 0. The Bertz CT molecular complexity index is 430. The van der Waals surface area contributed by atoms with Crippen molar-refractivity contribution in [2.24, 2.45) is 5.92 Å². The van der Waals surface area contributed by atoms with E-state index >= 15 is 0 Å². The van der Waals surface area contributed by atoms with Crippen molar-refractivity contribution in [2.45, 2.75) is 44.8 Å². The molecular weight excluding hydrogens is 247 g/mol. The molecule has 3 unspecified atom stereocenters. The predicted molar refractivity (Wildman–Crippen MR) is 69.4 cm³/mol. The highest BCUT2D eigenvalue weighted by molar-refractivity contribution is 5.70. The fourth-order valence-corrected chi connectivity index (χ4v) is 2.55. The Morgan fingerprint density at radius 2 is 2.11 bits per heavy atom.